The van der Waals surface area contributed by atoms with Crippen LogP contribution in [0.5, 0.6) is 0 Å². The van der Waals surface area contributed by atoms with Gasteiger partial charge >= 0.3 is 0 Å². The molecule has 5 rings (SSSR count). The highest BCUT2D eigenvalue weighted by molar-refractivity contribution is 5.84. The minimum absolute atomic E-state index is 0.00238. The molecule has 3 heterocycles. The van der Waals surface area contributed by atoms with E-state index in [1.807, 2.05) is 36.4 Å². The van der Waals surface area contributed by atoms with Gasteiger partial charge in [-0.1, -0.05) is 30.3 Å². The number of benzene rings is 2. The van der Waals surface area contributed by atoms with Crippen molar-refractivity contribution >= 4 is 16.8 Å². The van der Waals surface area contributed by atoms with E-state index in [9.17, 15) is 9.18 Å². The van der Waals surface area contributed by atoms with E-state index in [1.165, 1.54) is 28.6 Å². The standard InChI is InChI=1S/C29H31FN4O/c30-25-8-5-22(6-9-25)10-15-33-16-12-27(13-17-33)34-18-11-24-7-4-23(19-28(24)34)20-29(35)32-21-26-3-1-2-14-31-26/h1-9,11,14,18-19,27H,10,12-13,15-17,20-21H2,(H,32,35). The molecule has 1 aliphatic rings. The molecule has 2 aromatic heterocycles. The van der Waals surface area contributed by atoms with E-state index in [4.69, 9.17) is 0 Å². The first kappa shape index (κ1) is 23.2. The maximum absolute atomic E-state index is 13.1. The van der Waals surface area contributed by atoms with Crippen molar-refractivity contribution in [3.8, 4) is 0 Å². The average Bonchev–Trinajstić information content (AvgIpc) is 3.31. The molecular weight excluding hydrogens is 439 g/mol. The molecule has 1 saturated heterocycles. The average molecular weight is 471 g/mol. The number of fused-ring (bicyclic) bond motifs is 1. The Labute approximate surface area is 205 Å². The highest BCUT2D eigenvalue weighted by Crippen LogP contribution is 2.28. The Bertz CT molecular complexity index is 1260. The maximum Gasteiger partial charge on any atom is 0.224 e. The number of nitrogens with zero attached hydrogens (tertiary/aromatic N) is 3. The van der Waals surface area contributed by atoms with Crippen LogP contribution in [0.2, 0.25) is 0 Å². The van der Waals surface area contributed by atoms with Gasteiger partial charge in [-0.15, -0.1) is 0 Å². The van der Waals surface area contributed by atoms with E-state index >= 15 is 0 Å². The molecule has 0 aliphatic carbocycles. The number of aromatic nitrogens is 2. The topological polar surface area (TPSA) is 50.2 Å². The van der Waals surface area contributed by atoms with E-state index in [0.717, 1.165) is 50.2 Å². The smallest absolute Gasteiger partial charge is 0.224 e. The molecule has 0 spiro atoms. The summed E-state index contributed by atoms with van der Waals surface area (Å²) in [7, 11) is 0. The SMILES string of the molecule is O=C(Cc1ccc2ccn(C3CCN(CCc4ccc(F)cc4)CC3)c2c1)NCc1ccccn1. The number of nitrogens with one attached hydrogen (secondary N) is 1. The maximum atomic E-state index is 13.1. The zero-order valence-electron chi connectivity index (χ0n) is 19.9. The van der Waals surface area contributed by atoms with Crippen molar-refractivity contribution in [1.82, 2.24) is 19.8 Å². The van der Waals surface area contributed by atoms with E-state index < -0.39 is 0 Å². The van der Waals surface area contributed by atoms with Crippen molar-refractivity contribution < 1.29 is 9.18 Å². The lowest BCUT2D eigenvalue weighted by atomic mass is 10.0. The Morgan fingerprint density at radius 3 is 2.57 bits per heavy atom. The van der Waals surface area contributed by atoms with Crippen LogP contribution in [-0.4, -0.2) is 40.0 Å². The molecule has 0 atom stereocenters. The monoisotopic (exact) mass is 470 g/mol. The van der Waals surface area contributed by atoms with Gasteiger partial charge < -0.3 is 14.8 Å². The summed E-state index contributed by atoms with van der Waals surface area (Å²) in [5, 5.41) is 4.18. The van der Waals surface area contributed by atoms with Gasteiger partial charge in [0, 0.05) is 43.6 Å². The lowest BCUT2D eigenvalue weighted by molar-refractivity contribution is -0.120. The number of carbonyl (C=O) groups excluding carboxylic acids is 1. The van der Waals surface area contributed by atoms with Crippen molar-refractivity contribution in [2.75, 3.05) is 19.6 Å². The number of rotatable bonds is 8. The Kier molecular flexibility index (Phi) is 7.19. The van der Waals surface area contributed by atoms with Crippen LogP contribution < -0.4 is 5.32 Å². The summed E-state index contributed by atoms with van der Waals surface area (Å²) in [5.41, 5.74) is 4.26. The Hall–Kier alpha value is -3.51. The summed E-state index contributed by atoms with van der Waals surface area (Å²) in [6, 6.07) is 21.5. The molecule has 0 bridgehead atoms. The third-order valence-electron chi connectivity index (χ3n) is 6.93. The molecule has 0 unspecified atom stereocenters. The van der Waals surface area contributed by atoms with Crippen LogP contribution in [0, 0.1) is 5.82 Å². The number of hydrogen-bond donors (Lipinski definition) is 1. The van der Waals surface area contributed by atoms with E-state index in [2.05, 4.69) is 44.2 Å². The van der Waals surface area contributed by atoms with Crippen molar-refractivity contribution in [2.24, 2.45) is 0 Å². The number of hydrogen-bond acceptors (Lipinski definition) is 3. The van der Waals surface area contributed by atoms with Crippen LogP contribution in [0.4, 0.5) is 4.39 Å². The van der Waals surface area contributed by atoms with Crippen molar-refractivity contribution in [3.05, 3.63) is 102 Å². The Balaban J connectivity index is 1.16. The van der Waals surface area contributed by atoms with Gasteiger partial charge in [-0.25, -0.2) is 4.39 Å². The molecule has 1 amide bonds. The van der Waals surface area contributed by atoms with Gasteiger partial charge in [0.05, 0.1) is 18.7 Å². The van der Waals surface area contributed by atoms with Gasteiger partial charge in [-0.3, -0.25) is 9.78 Å². The molecule has 0 saturated carbocycles. The van der Waals surface area contributed by atoms with Gasteiger partial charge in [0.1, 0.15) is 5.82 Å². The van der Waals surface area contributed by atoms with Crippen LogP contribution in [-0.2, 0) is 24.2 Å². The van der Waals surface area contributed by atoms with Gasteiger partial charge in [0.2, 0.25) is 5.91 Å². The second-order valence-corrected chi connectivity index (χ2v) is 9.34. The molecule has 1 fully saturated rings. The molecule has 6 heteroatoms. The normalized spacial score (nSPS) is 14.9. The largest absolute Gasteiger partial charge is 0.350 e. The molecule has 1 N–H and O–H groups in total. The lowest BCUT2D eigenvalue weighted by Crippen LogP contribution is -2.35. The molecule has 4 aromatic rings. The van der Waals surface area contributed by atoms with Gasteiger partial charge in [-0.05, 0) is 72.2 Å². The van der Waals surface area contributed by atoms with Crippen LogP contribution in [0.15, 0.2) is 79.1 Å². The predicted molar refractivity (Wildman–Crippen MR) is 137 cm³/mol. The van der Waals surface area contributed by atoms with E-state index in [1.54, 1.807) is 6.20 Å². The summed E-state index contributed by atoms with van der Waals surface area (Å²) < 4.78 is 15.5. The first-order valence-electron chi connectivity index (χ1n) is 12.4. The number of carbonyl (C=O) groups is 1. The molecule has 5 nitrogen and oxygen atoms in total. The number of halogens is 1. The molecule has 0 radical (unpaired) electrons. The summed E-state index contributed by atoms with van der Waals surface area (Å²) in [6.45, 7) is 3.56. The fourth-order valence-electron chi connectivity index (χ4n) is 4.92. The van der Waals surface area contributed by atoms with Gasteiger partial charge in [0.25, 0.3) is 0 Å². The third-order valence-corrected chi connectivity index (χ3v) is 6.93. The van der Waals surface area contributed by atoms with Crippen molar-refractivity contribution in [2.45, 2.75) is 38.3 Å². The van der Waals surface area contributed by atoms with E-state index in [0.29, 0.717) is 19.0 Å². The number of piperidine rings is 1. The minimum atomic E-state index is -0.179. The minimum Gasteiger partial charge on any atom is -0.350 e. The molecule has 1 aliphatic heterocycles. The third kappa shape index (κ3) is 5.95. The quantitative estimate of drug-likeness (QED) is 0.398. The summed E-state index contributed by atoms with van der Waals surface area (Å²) in [4.78, 5) is 19.3. The fraction of sp³-hybridized carbons (Fsp3) is 0.310. The van der Waals surface area contributed by atoms with Crippen LogP contribution in [0.3, 0.4) is 0 Å². The first-order valence-corrected chi connectivity index (χ1v) is 12.4. The Morgan fingerprint density at radius 2 is 1.80 bits per heavy atom. The highest BCUT2D eigenvalue weighted by atomic mass is 19.1. The molecular formula is C29H31FN4O. The molecule has 2 aromatic carbocycles. The highest BCUT2D eigenvalue weighted by Gasteiger charge is 2.21. The first-order chi connectivity index (χ1) is 17.1. The fourth-order valence-corrected chi connectivity index (χ4v) is 4.92. The van der Waals surface area contributed by atoms with Crippen molar-refractivity contribution in [1.29, 1.82) is 0 Å². The zero-order valence-corrected chi connectivity index (χ0v) is 19.9. The zero-order chi connectivity index (χ0) is 24.0. The second-order valence-electron chi connectivity index (χ2n) is 9.34. The van der Waals surface area contributed by atoms with Crippen LogP contribution in [0.1, 0.15) is 35.7 Å². The van der Waals surface area contributed by atoms with Crippen LogP contribution in [0.25, 0.3) is 10.9 Å². The molecule has 180 valence electrons. The molecule has 35 heavy (non-hydrogen) atoms. The van der Waals surface area contributed by atoms with Gasteiger partial charge in [0.15, 0.2) is 0 Å². The number of likely N-dealkylation sites (tertiary alicyclic amines) is 1. The summed E-state index contributed by atoms with van der Waals surface area (Å²) in [6.07, 6.45) is 7.43. The van der Waals surface area contributed by atoms with Crippen molar-refractivity contribution in [3.63, 3.8) is 0 Å². The second kappa shape index (κ2) is 10.8. The summed E-state index contributed by atoms with van der Waals surface area (Å²) >= 11 is 0. The van der Waals surface area contributed by atoms with E-state index in [-0.39, 0.29) is 11.7 Å². The number of amides is 1. The lowest BCUT2D eigenvalue weighted by Gasteiger charge is -2.33. The number of pyridine rings is 1. The van der Waals surface area contributed by atoms with Gasteiger partial charge in [-0.2, -0.15) is 0 Å². The van der Waals surface area contributed by atoms with Crippen LogP contribution >= 0.6 is 0 Å². The predicted octanol–water partition coefficient (Wildman–Crippen LogP) is 4.91. The summed E-state index contributed by atoms with van der Waals surface area (Å²) in [5.74, 6) is -0.177. The Morgan fingerprint density at radius 1 is 1.00 bits per heavy atom.